The fourth-order valence-electron chi connectivity index (χ4n) is 6.57. The zero-order valence-corrected chi connectivity index (χ0v) is 24.2. The number of morpholine rings is 1. The molecule has 0 saturated carbocycles. The number of ether oxygens (including phenoxy) is 1. The van der Waals surface area contributed by atoms with Gasteiger partial charge in [-0.1, -0.05) is 32.6 Å². The van der Waals surface area contributed by atoms with Crippen LogP contribution in [0, 0.1) is 11.2 Å². The summed E-state index contributed by atoms with van der Waals surface area (Å²) in [5.41, 5.74) is 4.91. The molecule has 2 fully saturated rings. The van der Waals surface area contributed by atoms with Crippen LogP contribution in [0.1, 0.15) is 33.3 Å². The van der Waals surface area contributed by atoms with Crippen molar-refractivity contribution in [3.05, 3.63) is 71.0 Å². The van der Waals surface area contributed by atoms with Crippen molar-refractivity contribution in [2.75, 3.05) is 59.5 Å². The maximum atomic E-state index is 14.0. The van der Waals surface area contributed by atoms with E-state index in [9.17, 15) is 9.18 Å². The van der Waals surface area contributed by atoms with Gasteiger partial charge in [0, 0.05) is 74.7 Å². The number of nitrogens with one attached hydrogen (secondary N) is 1. The molecule has 0 spiro atoms. The van der Waals surface area contributed by atoms with Gasteiger partial charge in [-0.05, 0) is 49.6 Å². The van der Waals surface area contributed by atoms with Gasteiger partial charge in [0.25, 0.3) is 0 Å². The number of carbonyl (C=O) groups is 1. The summed E-state index contributed by atoms with van der Waals surface area (Å²) in [4.78, 5) is 23.1. The summed E-state index contributed by atoms with van der Waals surface area (Å²) < 4.78 is 19.1. The molecule has 39 heavy (non-hydrogen) atoms. The van der Waals surface area contributed by atoms with E-state index in [0.29, 0.717) is 31.6 Å². The zero-order chi connectivity index (χ0) is 27.9. The smallest absolute Gasteiger partial charge is 0.241 e. The summed E-state index contributed by atoms with van der Waals surface area (Å²) in [7, 11) is 2.04. The molecule has 0 aromatic heterocycles. The molecule has 8 heteroatoms. The monoisotopic (exact) mass is 537 g/mol. The minimum absolute atomic E-state index is 0.139. The lowest BCUT2D eigenvalue weighted by Crippen LogP contribution is -2.62. The van der Waals surface area contributed by atoms with Crippen LogP contribution in [0.2, 0.25) is 0 Å². The first-order chi connectivity index (χ1) is 18.5. The normalized spacial score (nSPS) is 28.1. The molecule has 1 aromatic carbocycles. The Bertz CT molecular complexity index is 1160. The Labute approximate surface area is 232 Å². The molecule has 212 valence electrons. The lowest BCUT2D eigenvalue weighted by Gasteiger charge is -2.43. The fraction of sp³-hybridized carbons (Fsp3) is 0.581. The number of carbonyl (C=O) groups excluding carboxylic acids is 1. The Hall–Kier alpha value is -2.52. The van der Waals surface area contributed by atoms with Gasteiger partial charge in [-0.2, -0.15) is 0 Å². The molecular weight excluding hydrogens is 493 g/mol. The summed E-state index contributed by atoms with van der Waals surface area (Å²) in [6.45, 7) is 19.4. The molecule has 4 heterocycles. The van der Waals surface area contributed by atoms with Crippen LogP contribution >= 0.6 is 0 Å². The minimum atomic E-state index is -0.241. The van der Waals surface area contributed by atoms with E-state index in [2.05, 4.69) is 60.4 Å². The van der Waals surface area contributed by atoms with Crippen molar-refractivity contribution in [2.24, 2.45) is 5.41 Å². The third-order valence-corrected chi connectivity index (χ3v) is 8.77. The maximum Gasteiger partial charge on any atom is 0.241 e. The number of piperazine rings is 1. The second-order valence-corrected chi connectivity index (χ2v) is 12.4. The molecule has 7 nitrogen and oxygen atoms in total. The Morgan fingerprint density at radius 2 is 1.95 bits per heavy atom. The van der Waals surface area contributed by atoms with Gasteiger partial charge < -0.3 is 19.9 Å². The molecule has 1 N–H and O–H groups in total. The van der Waals surface area contributed by atoms with Crippen molar-refractivity contribution in [1.29, 1.82) is 0 Å². The van der Waals surface area contributed by atoms with Crippen LogP contribution < -0.4 is 5.32 Å². The van der Waals surface area contributed by atoms with Crippen LogP contribution in [0.5, 0.6) is 0 Å². The fourth-order valence-corrected chi connectivity index (χ4v) is 6.57. The first-order valence-corrected chi connectivity index (χ1v) is 14.3. The standard InChI is InChI=1S/C31H44FN5O2/c1-21-16-36(27(15-33-21)17-35-11-12-39-19-22(35)2)18-29(38)37-20-31(4,5)30-28(37)14-25(23(3)34(30)6)13-24-7-9-26(32)10-8-24/h7-10,14,21-22,27,33H,3,11-13,15-20H2,1-2,4-6H3/t21-,22-,27-/m1/s1. The number of hydrogen-bond acceptors (Lipinski definition) is 6. The second-order valence-electron chi connectivity index (χ2n) is 12.4. The highest BCUT2D eigenvalue weighted by atomic mass is 19.1. The van der Waals surface area contributed by atoms with Crippen LogP contribution in [-0.4, -0.2) is 103 Å². The Morgan fingerprint density at radius 3 is 2.67 bits per heavy atom. The molecular formula is C31H44FN5O2. The molecule has 5 rings (SSSR count). The summed E-state index contributed by atoms with van der Waals surface area (Å²) in [5, 5.41) is 3.63. The molecule has 4 aliphatic rings. The third-order valence-electron chi connectivity index (χ3n) is 8.77. The van der Waals surface area contributed by atoms with Crippen molar-refractivity contribution in [3.8, 4) is 0 Å². The van der Waals surface area contributed by atoms with Crippen molar-refractivity contribution in [1.82, 2.24) is 24.9 Å². The van der Waals surface area contributed by atoms with E-state index in [1.54, 1.807) is 0 Å². The molecule has 0 radical (unpaired) electrons. The predicted octanol–water partition coefficient (Wildman–Crippen LogP) is 3.22. The van der Waals surface area contributed by atoms with Gasteiger partial charge in [-0.15, -0.1) is 0 Å². The third kappa shape index (κ3) is 5.85. The van der Waals surface area contributed by atoms with Crippen LogP contribution in [0.15, 0.2) is 59.6 Å². The van der Waals surface area contributed by atoms with Gasteiger partial charge >= 0.3 is 0 Å². The number of allylic oxidation sites excluding steroid dienone is 2. The van der Waals surface area contributed by atoms with E-state index in [0.717, 1.165) is 67.6 Å². The van der Waals surface area contributed by atoms with E-state index in [1.165, 1.54) is 12.1 Å². The Morgan fingerprint density at radius 1 is 1.21 bits per heavy atom. The largest absolute Gasteiger partial charge is 0.379 e. The number of nitrogens with zero attached hydrogens (tertiary/aromatic N) is 4. The molecule has 4 aliphatic heterocycles. The van der Waals surface area contributed by atoms with E-state index >= 15 is 0 Å². The highest BCUT2D eigenvalue weighted by Gasteiger charge is 2.44. The molecule has 1 aromatic rings. The van der Waals surface area contributed by atoms with E-state index in [-0.39, 0.29) is 23.2 Å². The SMILES string of the molecule is C=C1C(Cc2ccc(F)cc2)=CC2=C(N1C)C(C)(C)CN2C(=O)CN1C[C@@H](C)NC[C@@H]1CN1CCOC[C@H]1C. The van der Waals surface area contributed by atoms with Crippen molar-refractivity contribution in [3.63, 3.8) is 0 Å². The number of likely N-dealkylation sites (N-methyl/N-ethyl adjacent to an activating group) is 1. The van der Waals surface area contributed by atoms with E-state index < -0.39 is 0 Å². The first-order valence-electron chi connectivity index (χ1n) is 14.3. The average Bonchev–Trinajstić information content (AvgIpc) is 3.16. The molecule has 0 unspecified atom stereocenters. The number of amides is 1. The number of rotatable bonds is 6. The van der Waals surface area contributed by atoms with E-state index in [1.807, 2.05) is 24.1 Å². The van der Waals surface area contributed by atoms with Gasteiger partial charge in [0.2, 0.25) is 5.91 Å². The van der Waals surface area contributed by atoms with Crippen LogP contribution in [0.3, 0.4) is 0 Å². The minimum Gasteiger partial charge on any atom is -0.379 e. The van der Waals surface area contributed by atoms with Crippen molar-refractivity contribution >= 4 is 5.91 Å². The van der Waals surface area contributed by atoms with Gasteiger partial charge in [0.05, 0.1) is 25.5 Å². The molecule has 2 saturated heterocycles. The molecule has 3 atom stereocenters. The summed E-state index contributed by atoms with van der Waals surface area (Å²) in [5.74, 6) is -0.101. The maximum absolute atomic E-state index is 14.0. The van der Waals surface area contributed by atoms with Crippen LogP contribution in [0.4, 0.5) is 4.39 Å². The van der Waals surface area contributed by atoms with Gasteiger partial charge in [-0.3, -0.25) is 14.6 Å². The first kappa shape index (κ1) is 28.0. The number of halogens is 1. The topological polar surface area (TPSA) is 51.3 Å². The lowest BCUT2D eigenvalue weighted by atomic mass is 9.87. The molecule has 1 amide bonds. The van der Waals surface area contributed by atoms with Crippen LogP contribution in [-0.2, 0) is 16.0 Å². The van der Waals surface area contributed by atoms with Crippen LogP contribution in [0.25, 0.3) is 0 Å². The zero-order valence-electron chi connectivity index (χ0n) is 24.2. The van der Waals surface area contributed by atoms with E-state index in [4.69, 9.17) is 4.74 Å². The van der Waals surface area contributed by atoms with Crippen molar-refractivity contribution in [2.45, 2.75) is 52.2 Å². The average molecular weight is 538 g/mol. The molecule has 0 aliphatic carbocycles. The van der Waals surface area contributed by atoms with Gasteiger partial charge in [0.1, 0.15) is 5.82 Å². The number of benzene rings is 1. The summed E-state index contributed by atoms with van der Waals surface area (Å²) >= 11 is 0. The Kier molecular flexibility index (Phi) is 8.02. The summed E-state index contributed by atoms with van der Waals surface area (Å²) in [6, 6.07) is 7.62. The second kappa shape index (κ2) is 11.2. The molecule has 0 bridgehead atoms. The van der Waals surface area contributed by atoms with Gasteiger partial charge in [-0.25, -0.2) is 4.39 Å². The number of hydrogen-bond donors (Lipinski definition) is 1. The van der Waals surface area contributed by atoms with Gasteiger partial charge in [0.15, 0.2) is 0 Å². The lowest BCUT2D eigenvalue weighted by molar-refractivity contribution is -0.131. The Balaban J connectivity index is 1.36. The quantitative estimate of drug-likeness (QED) is 0.602. The highest BCUT2D eigenvalue weighted by molar-refractivity contribution is 5.82. The van der Waals surface area contributed by atoms with Crippen molar-refractivity contribution < 1.29 is 13.9 Å². The summed E-state index contributed by atoms with van der Waals surface area (Å²) in [6.07, 6.45) is 2.78. The predicted molar refractivity (Wildman–Crippen MR) is 152 cm³/mol. The highest BCUT2D eigenvalue weighted by Crippen LogP contribution is 2.46.